The molecule has 1 heterocycles. The molecule has 0 saturated carbocycles. The van der Waals surface area contributed by atoms with Gasteiger partial charge in [0.05, 0.1) is 18.0 Å². The van der Waals surface area contributed by atoms with Gasteiger partial charge in [0.2, 0.25) is 15.9 Å². The fourth-order valence-corrected chi connectivity index (χ4v) is 4.19. The summed E-state index contributed by atoms with van der Waals surface area (Å²) in [5.74, 6) is -0.542. The van der Waals surface area contributed by atoms with Crippen LogP contribution in [0.5, 0.6) is 0 Å². The number of hydrogen-bond acceptors (Lipinski definition) is 4. The lowest BCUT2D eigenvalue weighted by atomic mass is 9.96. The van der Waals surface area contributed by atoms with Gasteiger partial charge in [-0.1, -0.05) is 38.1 Å². The first-order chi connectivity index (χ1) is 14.2. The first kappa shape index (κ1) is 22.0. The number of anilines is 1. The normalized spacial score (nSPS) is 16.6. The van der Waals surface area contributed by atoms with E-state index in [4.69, 9.17) is 0 Å². The number of carbonyl (C=O) groups excluding carboxylic acids is 1. The van der Waals surface area contributed by atoms with Gasteiger partial charge in [-0.25, -0.2) is 17.8 Å². The summed E-state index contributed by atoms with van der Waals surface area (Å²) in [6.07, 6.45) is 2.97. The highest BCUT2D eigenvalue weighted by atomic mass is 32.2. The molecule has 1 amide bonds. The van der Waals surface area contributed by atoms with Crippen LogP contribution in [0.15, 0.2) is 53.6 Å². The summed E-state index contributed by atoms with van der Waals surface area (Å²) in [5.41, 5.74) is 2.65. The second kappa shape index (κ2) is 8.95. The van der Waals surface area contributed by atoms with E-state index >= 15 is 0 Å². The number of carbonyl (C=O) groups is 1. The molecule has 1 unspecified atom stereocenters. The van der Waals surface area contributed by atoms with Gasteiger partial charge in [-0.15, -0.1) is 0 Å². The molecule has 1 atom stereocenters. The van der Waals surface area contributed by atoms with Gasteiger partial charge in [-0.3, -0.25) is 9.52 Å². The van der Waals surface area contributed by atoms with Crippen LogP contribution in [-0.4, -0.2) is 31.3 Å². The van der Waals surface area contributed by atoms with Gasteiger partial charge in [-0.2, -0.15) is 5.10 Å². The van der Waals surface area contributed by atoms with Crippen LogP contribution in [0, 0.1) is 11.7 Å². The van der Waals surface area contributed by atoms with Crippen LogP contribution in [-0.2, 0) is 14.8 Å². The molecule has 30 heavy (non-hydrogen) atoms. The Morgan fingerprint density at radius 3 is 2.47 bits per heavy atom. The third-order valence-electron chi connectivity index (χ3n) is 5.22. The lowest BCUT2D eigenvalue weighted by Crippen LogP contribution is -2.32. The van der Waals surface area contributed by atoms with E-state index in [9.17, 15) is 17.6 Å². The standard InChI is InChI=1S/C22H26FN3O3S/c1-4-15(5-2)22(27)26-21(16-9-11-18(23)12-10-16)14-20(24-26)17-7-6-8-19(13-17)25-30(3,28)29/h6-13,15,21,25H,4-5,14H2,1-3H3. The highest BCUT2D eigenvalue weighted by Crippen LogP contribution is 2.35. The molecule has 6 nitrogen and oxygen atoms in total. The predicted molar refractivity (Wildman–Crippen MR) is 116 cm³/mol. The van der Waals surface area contributed by atoms with Crippen LogP contribution < -0.4 is 4.72 Å². The number of nitrogens with one attached hydrogen (secondary N) is 1. The molecule has 160 valence electrons. The maximum Gasteiger partial charge on any atom is 0.246 e. The van der Waals surface area contributed by atoms with E-state index in [1.54, 1.807) is 30.3 Å². The molecule has 2 aromatic carbocycles. The Morgan fingerprint density at radius 2 is 1.87 bits per heavy atom. The number of hydrogen-bond donors (Lipinski definition) is 1. The van der Waals surface area contributed by atoms with Crippen LogP contribution in [0.2, 0.25) is 0 Å². The van der Waals surface area contributed by atoms with Crippen molar-refractivity contribution in [1.82, 2.24) is 5.01 Å². The van der Waals surface area contributed by atoms with Crippen LogP contribution in [0.25, 0.3) is 0 Å². The number of nitrogens with zero attached hydrogens (tertiary/aromatic N) is 2. The lowest BCUT2D eigenvalue weighted by Gasteiger charge is -2.25. The van der Waals surface area contributed by atoms with Crippen LogP contribution >= 0.6 is 0 Å². The van der Waals surface area contributed by atoms with E-state index in [1.807, 2.05) is 19.9 Å². The molecule has 3 rings (SSSR count). The molecule has 0 aliphatic carbocycles. The molecule has 2 aromatic rings. The molecular formula is C22H26FN3O3S. The Kier molecular flexibility index (Phi) is 6.55. The van der Waals surface area contributed by atoms with E-state index < -0.39 is 10.0 Å². The largest absolute Gasteiger partial charge is 0.284 e. The number of amides is 1. The average Bonchev–Trinajstić information content (AvgIpc) is 3.14. The highest BCUT2D eigenvalue weighted by Gasteiger charge is 2.35. The van der Waals surface area contributed by atoms with E-state index in [0.717, 1.165) is 17.4 Å². The fourth-order valence-electron chi connectivity index (χ4n) is 3.63. The third kappa shape index (κ3) is 5.05. The molecule has 0 spiro atoms. The first-order valence-electron chi connectivity index (χ1n) is 9.96. The molecule has 0 saturated heterocycles. The molecule has 0 bridgehead atoms. The summed E-state index contributed by atoms with van der Waals surface area (Å²) >= 11 is 0. The molecule has 0 radical (unpaired) electrons. The Hall–Kier alpha value is -2.74. The molecule has 8 heteroatoms. The number of benzene rings is 2. The van der Waals surface area contributed by atoms with Crippen molar-refractivity contribution in [1.29, 1.82) is 0 Å². The quantitative estimate of drug-likeness (QED) is 0.709. The first-order valence-corrected chi connectivity index (χ1v) is 11.8. The Bertz CT molecular complexity index is 1050. The molecule has 0 fully saturated rings. The van der Waals surface area contributed by atoms with E-state index in [-0.39, 0.29) is 23.7 Å². The Morgan fingerprint density at radius 1 is 1.20 bits per heavy atom. The van der Waals surface area contributed by atoms with Crippen LogP contribution in [0.4, 0.5) is 10.1 Å². The number of sulfonamides is 1. The number of rotatable bonds is 7. The van der Waals surface area contributed by atoms with Gasteiger partial charge in [0.25, 0.3) is 0 Å². The summed E-state index contributed by atoms with van der Waals surface area (Å²) < 4.78 is 39.0. The monoisotopic (exact) mass is 431 g/mol. The molecule has 1 aliphatic rings. The SMILES string of the molecule is CCC(CC)C(=O)N1N=C(c2cccc(NS(C)(=O)=O)c2)CC1c1ccc(F)cc1. The maximum atomic E-state index is 13.4. The topological polar surface area (TPSA) is 78.8 Å². The molecule has 1 N–H and O–H groups in total. The summed E-state index contributed by atoms with van der Waals surface area (Å²) in [6.45, 7) is 3.94. The molecular weight excluding hydrogens is 405 g/mol. The zero-order chi connectivity index (χ0) is 21.9. The van der Waals surface area contributed by atoms with Gasteiger partial charge in [0.15, 0.2) is 0 Å². The van der Waals surface area contributed by atoms with Crippen molar-refractivity contribution in [2.45, 2.75) is 39.2 Å². The summed E-state index contributed by atoms with van der Waals surface area (Å²) in [4.78, 5) is 13.1. The lowest BCUT2D eigenvalue weighted by molar-refractivity contribution is -0.137. The zero-order valence-electron chi connectivity index (χ0n) is 17.3. The Balaban J connectivity index is 1.97. The minimum Gasteiger partial charge on any atom is -0.284 e. The van der Waals surface area contributed by atoms with Crippen LogP contribution in [0.3, 0.4) is 0 Å². The maximum absolute atomic E-state index is 13.4. The molecule has 1 aliphatic heterocycles. The van der Waals surface area contributed by atoms with Crippen molar-refractivity contribution in [2.75, 3.05) is 11.0 Å². The van der Waals surface area contributed by atoms with Crippen molar-refractivity contribution in [3.05, 3.63) is 65.5 Å². The number of halogens is 1. The van der Waals surface area contributed by atoms with Gasteiger partial charge in [0, 0.05) is 18.0 Å². The van der Waals surface area contributed by atoms with Crippen molar-refractivity contribution in [3.8, 4) is 0 Å². The summed E-state index contributed by atoms with van der Waals surface area (Å²) in [6, 6.07) is 12.7. The van der Waals surface area contributed by atoms with E-state index in [2.05, 4.69) is 9.82 Å². The third-order valence-corrected chi connectivity index (χ3v) is 5.83. The second-order valence-electron chi connectivity index (χ2n) is 7.47. The van der Waals surface area contributed by atoms with Crippen molar-refractivity contribution >= 4 is 27.3 Å². The van der Waals surface area contributed by atoms with Crippen molar-refractivity contribution in [2.24, 2.45) is 11.0 Å². The number of hydrazone groups is 1. The fraction of sp³-hybridized carbons (Fsp3) is 0.364. The summed E-state index contributed by atoms with van der Waals surface area (Å²) in [5, 5.41) is 6.13. The van der Waals surface area contributed by atoms with E-state index in [1.165, 1.54) is 17.1 Å². The van der Waals surface area contributed by atoms with Gasteiger partial charge >= 0.3 is 0 Å². The summed E-state index contributed by atoms with van der Waals surface area (Å²) in [7, 11) is -3.41. The van der Waals surface area contributed by atoms with Crippen LogP contribution in [0.1, 0.15) is 50.3 Å². The smallest absolute Gasteiger partial charge is 0.246 e. The highest BCUT2D eigenvalue weighted by molar-refractivity contribution is 7.92. The Labute approximate surface area is 176 Å². The van der Waals surface area contributed by atoms with Gasteiger partial charge < -0.3 is 0 Å². The predicted octanol–water partition coefficient (Wildman–Crippen LogP) is 4.31. The van der Waals surface area contributed by atoms with Crippen molar-refractivity contribution < 1.29 is 17.6 Å². The minimum absolute atomic E-state index is 0.0604. The van der Waals surface area contributed by atoms with Gasteiger partial charge in [0.1, 0.15) is 5.82 Å². The minimum atomic E-state index is -3.41. The average molecular weight is 432 g/mol. The van der Waals surface area contributed by atoms with Gasteiger partial charge in [-0.05, 0) is 48.2 Å². The second-order valence-corrected chi connectivity index (χ2v) is 9.22. The van der Waals surface area contributed by atoms with Crippen molar-refractivity contribution in [3.63, 3.8) is 0 Å². The van der Waals surface area contributed by atoms with E-state index in [0.29, 0.717) is 30.7 Å². The molecule has 0 aromatic heterocycles. The zero-order valence-corrected chi connectivity index (χ0v) is 18.1.